The number of rotatable bonds is 6. The SMILES string of the molecule is CN[C@@H](CC1CCCCC1)C(O)C(=O)OC(C)C. The van der Waals surface area contributed by atoms with Gasteiger partial charge in [0.25, 0.3) is 0 Å². The first-order valence-electron chi connectivity index (χ1n) is 7.10. The molecule has 1 aliphatic rings. The Balaban J connectivity index is 2.45. The number of aliphatic hydroxyl groups excluding tert-OH is 1. The Morgan fingerprint density at radius 3 is 2.44 bits per heavy atom. The van der Waals surface area contributed by atoms with Crippen LogP contribution in [0.3, 0.4) is 0 Å². The van der Waals surface area contributed by atoms with Gasteiger partial charge in [-0.15, -0.1) is 0 Å². The van der Waals surface area contributed by atoms with Crippen molar-refractivity contribution in [2.24, 2.45) is 5.92 Å². The van der Waals surface area contributed by atoms with E-state index in [1.807, 2.05) is 0 Å². The zero-order valence-corrected chi connectivity index (χ0v) is 11.8. The second-order valence-corrected chi connectivity index (χ2v) is 5.57. The van der Waals surface area contributed by atoms with Crippen molar-refractivity contribution in [2.45, 2.75) is 70.6 Å². The van der Waals surface area contributed by atoms with Crippen LogP contribution >= 0.6 is 0 Å². The lowest BCUT2D eigenvalue weighted by molar-refractivity contribution is -0.159. The van der Waals surface area contributed by atoms with Gasteiger partial charge in [0.05, 0.1) is 6.10 Å². The third kappa shape index (κ3) is 4.94. The summed E-state index contributed by atoms with van der Waals surface area (Å²) in [6.07, 6.45) is 5.90. The summed E-state index contributed by atoms with van der Waals surface area (Å²) >= 11 is 0. The molecule has 0 saturated heterocycles. The predicted molar refractivity (Wildman–Crippen MR) is 71.3 cm³/mol. The minimum Gasteiger partial charge on any atom is -0.461 e. The lowest BCUT2D eigenvalue weighted by atomic mass is 9.84. The van der Waals surface area contributed by atoms with Gasteiger partial charge in [0.1, 0.15) is 0 Å². The Morgan fingerprint density at radius 1 is 1.33 bits per heavy atom. The summed E-state index contributed by atoms with van der Waals surface area (Å²) in [6, 6.07) is -0.195. The molecule has 0 aromatic rings. The Labute approximate surface area is 110 Å². The van der Waals surface area contributed by atoms with Crippen LogP contribution in [-0.4, -0.2) is 36.4 Å². The fourth-order valence-corrected chi connectivity index (χ4v) is 2.65. The van der Waals surface area contributed by atoms with Gasteiger partial charge in [-0.25, -0.2) is 4.79 Å². The highest BCUT2D eigenvalue weighted by Crippen LogP contribution is 2.28. The van der Waals surface area contributed by atoms with Gasteiger partial charge in [0.2, 0.25) is 0 Å². The quantitative estimate of drug-likeness (QED) is 0.713. The Morgan fingerprint density at radius 2 is 1.94 bits per heavy atom. The van der Waals surface area contributed by atoms with Crippen LogP contribution in [0.15, 0.2) is 0 Å². The Kier molecular flexibility index (Phi) is 6.65. The molecule has 2 N–H and O–H groups in total. The van der Waals surface area contributed by atoms with E-state index >= 15 is 0 Å². The first-order valence-corrected chi connectivity index (χ1v) is 7.10. The molecular weight excluding hydrogens is 230 g/mol. The molecule has 0 spiro atoms. The number of hydrogen-bond donors (Lipinski definition) is 2. The standard InChI is InChI=1S/C14H27NO3/c1-10(2)18-14(17)13(16)12(15-3)9-11-7-5-4-6-8-11/h10-13,15-16H,4-9H2,1-3H3/t12-,13?/m0/s1. The van der Waals surface area contributed by atoms with Gasteiger partial charge >= 0.3 is 5.97 Å². The number of likely N-dealkylation sites (N-methyl/N-ethyl adjacent to an activating group) is 1. The average Bonchev–Trinajstić information content (AvgIpc) is 2.35. The fraction of sp³-hybridized carbons (Fsp3) is 0.929. The van der Waals surface area contributed by atoms with Crippen molar-refractivity contribution in [1.29, 1.82) is 0 Å². The Hall–Kier alpha value is -0.610. The van der Waals surface area contributed by atoms with Gasteiger partial charge in [-0.05, 0) is 33.2 Å². The molecule has 0 aromatic heterocycles. The monoisotopic (exact) mass is 257 g/mol. The minimum atomic E-state index is -1.06. The van der Waals surface area contributed by atoms with Crippen LogP contribution in [-0.2, 0) is 9.53 Å². The van der Waals surface area contributed by atoms with Crippen molar-refractivity contribution in [3.8, 4) is 0 Å². The summed E-state index contributed by atoms with van der Waals surface area (Å²) < 4.78 is 5.06. The molecule has 0 aromatic carbocycles. The van der Waals surface area contributed by atoms with E-state index in [1.165, 1.54) is 32.1 Å². The molecule has 0 amide bonds. The fourth-order valence-electron chi connectivity index (χ4n) is 2.65. The maximum absolute atomic E-state index is 11.7. The van der Waals surface area contributed by atoms with Crippen molar-refractivity contribution in [1.82, 2.24) is 5.32 Å². The highest BCUT2D eigenvalue weighted by Gasteiger charge is 2.29. The summed E-state index contributed by atoms with van der Waals surface area (Å²) in [6.45, 7) is 3.58. The van der Waals surface area contributed by atoms with Crippen LogP contribution in [0.5, 0.6) is 0 Å². The molecule has 0 radical (unpaired) electrons. The first kappa shape index (κ1) is 15.4. The van der Waals surface area contributed by atoms with E-state index in [0.29, 0.717) is 5.92 Å². The molecule has 0 bridgehead atoms. The number of aliphatic hydroxyl groups is 1. The maximum atomic E-state index is 11.7. The van der Waals surface area contributed by atoms with Crippen LogP contribution < -0.4 is 5.32 Å². The van der Waals surface area contributed by atoms with E-state index in [-0.39, 0.29) is 12.1 Å². The summed E-state index contributed by atoms with van der Waals surface area (Å²) in [5.74, 6) is 0.109. The molecule has 1 fully saturated rings. The van der Waals surface area contributed by atoms with Crippen molar-refractivity contribution in [3.05, 3.63) is 0 Å². The summed E-state index contributed by atoms with van der Waals surface area (Å²) in [5, 5.41) is 13.1. The smallest absolute Gasteiger partial charge is 0.336 e. The molecule has 1 saturated carbocycles. The van der Waals surface area contributed by atoms with Crippen LogP contribution in [0.4, 0.5) is 0 Å². The molecule has 106 valence electrons. The van der Waals surface area contributed by atoms with Crippen LogP contribution in [0, 0.1) is 5.92 Å². The van der Waals surface area contributed by atoms with Crippen LogP contribution in [0.25, 0.3) is 0 Å². The van der Waals surface area contributed by atoms with Gasteiger partial charge in [-0.2, -0.15) is 0 Å². The molecule has 0 aliphatic heterocycles. The van der Waals surface area contributed by atoms with Crippen molar-refractivity contribution < 1.29 is 14.6 Å². The van der Waals surface area contributed by atoms with E-state index in [0.717, 1.165) is 6.42 Å². The lowest BCUT2D eigenvalue weighted by Crippen LogP contribution is -2.45. The van der Waals surface area contributed by atoms with Gasteiger partial charge < -0.3 is 15.2 Å². The molecule has 4 heteroatoms. The summed E-state index contributed by atoms with van der Waals surface area (Å²) in [5.41, 5.74) is 0. The number of ether oxygens (including phenoxy) is 1. The highest BCUT2D eigenvalue weighted by atomic mass is 16.6. The number of nitrogens with one attached hydrogen (secondary N) is 1. The molecule has 1 rings (SSSR count). The number of carbonyl (C=O) groups is 1. The minimum absolute atomic E-state index is 0.181. The number of hydrogen-bond acceptors (Lipinski definition) is 4. The first-order chi connectivity index (χ1) is 8.54. The van der Waals surface area contributed by atoms with Crippen molar-refractivity contribution >= 4 is 5.97 Å². The highest BCUT2D eigenvalue weighted by molar-refractivity contribution is 5.75. The second-order valence-electron chi connectivity index (χ2n) is 5.57. The Bertz CT molecular complexity index is 249. The van der Waals surface area contributed by atoms with Crippen LogP contribution in [0.1, 0.15) is 52.4 Å². The maximum Gasteiger partial charge on any atom is 0.336 e. The van der Waals surface area contributed by atoms with Gasteiger partial charge in [0, 0.05) is 6.04 Å². The van der Waals surface area contributed by atoms with E-state index < -0.39 is 12.1 Å². The molecule has 4 nitrogen and oxygen atoms in total. The zero-order valence-electron chi connectivity index (χ0n) is 11.8. The zero-order chi connectivity index (χ0) is 13.5. The topological polar surface area (TPSA) is 58.6 Å². The van der Waals surface area contributed by atoms with Gasteiger partial charge in [0.15, 0.2) is 6.10 Å². The molecule has 2 atom stereocenters. The molecule has 1 aliphatic carbocycles. The third-order valence-electron chi connectivity index (χ3n) is 3.66. The molecule has 0 heterocycles. The number of carbonyl (C=O) groups excluding carboxylic acids is 1. The average molecular weight is 257 g/mol. The predicted octanol–water partition coefficient (Wildman–Crippen LogP) is 1.86. The third-order valence-corrected chi connectivity index (χ3v) is 3.66. The van der Waals surface area contributed by atoms with Gasteiger partial charge in [-0.1, -0.05) is 32.1 Å². The normalized spacial score (nSPS) is 20.7. The van der Waals surface area contributed by atoms with Crippen molar-refractivity contribution in [3.63, 3.8) is 0 Å². The van der Waals surface area contributed by atoms with E-state index in [1.54, 1.807) is 20.9 Å². The van der Waals surface area contributed by atoms with Gasteiger partial charge in [-0.3, -0.25) is 0 Å². The van der Waals surface area contributed by atoms with Crippen molar-refractivity contribution in [2.75, 3.05) is 7.05 Å². The largest absolute Gasteiger partial charge is 0.461 e. The van der Waals surface area contributed by atoms with Crippen LogP contribution in [0.2, 0.25) is 0 Å². The summed E-state index contributed by atoms with van der Waals surface area (Å²) in [4.78, 5) is 11.7. The van der Waals surface area contributed by atoms with E-state index in [9.17, 15) is 9.90 Å². The molecule has 1 unspecified atom stereocenters. The lowest BCUT2D eigenvalue weighted by Gasteiger charge is -2.28. The molecule has 18 heavy (non-hydrogen) atoms. The number of esters is 1. The van der Waals surface area contributed by atoms with E-state index in [2.05, 4.69) is 5.32 Å². The molecular formula is C14H27NO3. The second kappa shape index (κ2) is 7.74. The summed E-state index contributed by atoms with van der Waals surface area (Å²) in [7, 11) is 1.79. The van der Waals surface area contributed by atoms with E-state index in [4.69, 9.17) is 4.74 Å².